The number of hydrogen-bond acceptors (Lipinski definition) is 3. The first-order valence-corrected chi connectivity index (χ1v) is 4.11. The van der Waals surface area contributed by atoms with Crippen LogP contribution in [0.25, 0.3) is 0 Å². The van der Waals surface area contributed by atoms with Crippen molar-refractivity contribution in [3.63, 3.8) is 0 Å². The van der Waals surface area contributed by atoms with Gasteiger partial charge in [-0.1, -0.05) is 18.2 Å². The molecule has 0 radical (unpaired) electrons. The van der Waals surface area contributed by atoms with Crippen LogP contribution >= 0.6 is 0 Å². The smallest absolute Gasteiger partial charge is 0.118 e. The van der Waals surface area contributed by atoms with E-state index >= 15 is 0 Å². The third-order valence-electron chi connectivity index (χ3n) is 1.38. The van der Waals surface area contributed by atoms with Crippen LogP contribution in [0.15, 0.2) is 24.3 Å². The molecule has 0 aliphatic rings. The monoisotopic (exact) mass is 184 g/mol. The average Bonchev–Trinajstić information content (AvgIpc) is 2.11. The van der Waals surface area contributed by atoms with Crippen LogP contribution in [0.1, 0.15) is 12.5 Å². The Bertz CT molecular complexity index is 212. The van der Waals surface area contributed by atoms with Gasteiger partial charge in [0.25, 0.3) is 0 Å². The van der Waals surface area contributed by atoms with E-state index in [4.69, 9.17) is 15.3 Å². The number of phenolic OH excluding ortho intramolecular Hbond substituents is 1. The summed E-state index contributed by atoms with van der Waals surface area (Å²) in [7, 11) is 0. The van der Waals surface area contributed by atoms with Gasteiger partial charge < -0.3 is 15.3 Å². The minimum absolute atomic E-state index is 0.139. The van der Waals surface area contributed by atoms with Crippen molar-refractivity contribution in [2.45, 2.75) is 20.0 Å². The number of para-hydroxylation sites is 1. The van der Waals surface area contributed by atoms with E-state index in [-0.39, 0.29) is 6.61 Å². The van der Waals surface area contributed by atoms with Crippen LogP contribution in [0.3, 0.4) is 0 Å². The third kappa shape index (κ3) is 6.13. The summed E-state index contributed by atoms with van der Waals surface area (Å²) < 4.78 is 0. The lowest BCUT2D eigenvalue weighted by Gasteiger charge is -1.92. The molecule has 0 saturated heterocycles. The number of aliphatic hydroxyl groups excluding tert-OH is 2. The maximum absolute atomic E-state index is 8.92. The van der Waals surface area contributed by atoms with E-state index in [0.29, 0.717) is 5.75 Å². The zero-order valence-electron chi connectivity index (χ0n) is 7.94. The van der Waals surface area contributed by atoms with Gasteiger partial charge in [0.1, 0.15) is 5.75 Å². The van der Waals surface area contributed by atoms with Crippen LogP contribution in [0.2, 0.25) is 0 Å². The van der Waals surface area contributed by atoms with Gasteiger partial charge in [-0.15, -0.1) is 0 Å². The lowest BCUT2D eigenvalue weighted by Crippen LogP contribution is -2.03. The molecular weight excluding hydrogens is 168 g/mol. The van der Waals surface area contributed by atoms with Crippen LogP contribution in [-0.4, -0.2) is 28.0 Å². The maximum atomic E-state index is 8.92. The van der Waals surface area contributed by atoms with Crippen molar-refractivity contribution < 1.29 is 15.3 Å². The molecule has 3 N–H and O–H groups in total. The summed E-state index contributed by atoms with van der Waals surface area (Å²) >= 11 is 0. The van der Waals surface area contributed by atoms with Gasteiger partial charge in [0.15, 0.2) is 0 Å². The summed E-state index contributed by atoms with van der Waals surface area (Å²) in [5, 5.41) is 24.9. The standard InChI is InChI=1S/C7H8O.C3H8O2/c1-6-4-2-3-5-7(6)8;1-3(5)2-4/h2-5,8H,1H3;3-5H,2H2,1H3. The number of aromatic hydroxyl groups is 1. The summed E-state index contributed by atoms with van der Waals surface area (Å²) in [4.78, 5) is 0. The molecule has 1 aromatic rings. The van der Waals surface area contributed by atoms with Crippen LogP contribution in [0.5, 0.6) is 5.75 Å². The van der Waals surface area contributed by atoms with Gasteiger partial charge in [0.2, 0.25) is 0 Å². The Hall–Kier alpha value is -1.06. The van der Waals surface area contributed by atoms with E-state index in [0.717, 1.165) is 5.56 Å². The normalized spacial score (nSPS) is 11.4. The molecule has 1 atom stereocenters. The van der Waals surface area contributed by atoms with E-state index in [1.807, 2.05) is 25.1 Å². The SMILES string of the molecule is CC(O)CO.Cc1ccccc1O. The highest BCUT2D eigenvalue weighted by Crippen LogP contribution is 2.12. The molecule has 1 unspecified atom stereocenters. The van der Waals surface area contributed by atoms with Crippen molar-refractivity contribution in [3.8, 4) is 5.75 Å². The lowest BCUT2D eigenvalue weighted by atomic mass is 10.2. The highest BCUT2D eigenvalue weighted by Gasteiger charge is 1.87. The van der Waals surface area contributed by atoms with E-state index in [1.54, 1.807) is 6.07 Å². The van der Waals surface area contributed by atoms with Crippen molar-refractivity contribution >= 4 is 0 Å². The van der Waals surface area contributed by atoms with Gasteiger partial charge in [-0.25, -0.2) is 0 Å². The van der Waals surface area contributed by atoms with E-state index in [2.05, 4.69) is 0 Å². The predicted molar refractivity (Wildman–Crippen MR) is 51.6 cm³/mol. The van der Waals surface area contributed by atoms with Crippen molar-refractivity contribution in [2.24, 2.45) is 0 Å². The summed E-state index contributed by atoms with van der Waals surface area (Å²) in [5.74, 6) is 0.368. The summed E-state index contributed by atoms with van der Waals surface area (Å²) in [6, 6.07) is 7.25. The molecule has 0 saturated carbocycles. The molecule has 1 aromatic carbocycles. The molecule has 13 heavy (non-hydrogen) atoms. The fraction of sp³-hybridized carbons (Fsp3) is 0.400. The second kappa shape index (κ2) is 6.46. The minimum Gasteiger partial charge on any atom is -0.508 e. The molecule has 0 aromatic heterocycles. The second-order valence-corrected chi connectivity index (χ2v) is 2.82. The zero-order valence-corrected chi connectivity index (χ0v) is 7.94. The number of benzene rings is 1. The minimum atomic E-state index is -0.560. The first-order valence-electron chi connectivity index (χ1n) is 4.11. The molecule has 0 amide bonds. The molecule has 74 valence electrons. The van der Waals surface area contributed by atoms with Gasteiger partial charge in [0, 0.05) is 0 Å². The zero-order chi connectivity index (χ0) is 10.3. The Morgan fingerprint density at radius 3 is 2.00 bits per heavy atom. The van der Waals surface area contributed by atoms with Crippen LogP contribution < -0.4 is 0 Å². The van der Waals surface area contributed by atoms with Gasteiger partial charge in [0.05, 0.1) is 12.7 Å². The van der Waals surface area contributed by atoms with Crippen molar-refractivity contribution in [1.29, 1.82) is 0 Å². The molecule has 0 fully saturated rings. The largest absolute Gasteiger partial charge is 0.508 e. The molecule has 3 heteroatoms. The third-order valence-corrected chi connectivity index (χ3v) is 1.38. The van der Waals surface area contributed by atoms with E-state index in [1.165, 1.54) is 6.92 Å². The fourth-order valence-corrected chi connectivity index (χ4v) is 0.563. The number of rotatable bonds is 1. The van der Waals surface area contributed by atoms with Crippen molar-refractivity contribution in [3.05, 3.63) is 29.8 Å². The van der Waals surface area contributed by atoms with Crippen molar-refractivity contribution in [2.75, 3.05) is 6.61 Å². The van der Waals surface area contributed by atoms with Crippen molar-refractivity contribution in [1.82, 2.24) is 0 Å². The van der Waals surface area contributed by atoms with Gasteiger partial charge in [-0.3, -0.25) is 0 Å². The fourth-order valence-electron chi connectivity index (χ4n) is 0.563. The number of aliphatic hydroxyl groups is 2. The Morgan fingerprint density at radius 1 is 1.31 bits per heavy atom. The Morgan fingerprint density at radius 2 is 1.77 bits per heavy atom. The second-order valence-electron chi connectivity index (χ2n) is 2.82. The molecule has 3 nitrogen and oxygen atoms in total. The summed E-state index contributed by atoms with van der Waals surface area (Å²) in [6.07, 6.45) is -0.560. The summed E-state index contributed by atoms with van der Waals surface area (Å²) in [6.45, 7) is 3.26. The lowest BCUT2D eigenvalue weighted by molar-refractivity contribution is 0.110. The number of phenols is 1. The van der Waals surface area contributed by atoms with Crippen LogP contribution in [0, 0.1) is 6.92 Å². The molecule has 0 spiro atoms. The molecular formula is C10H16O3. The highest BCUT2D eigenvalue weighted by molar-refractivity contribution is 5.29. The number of hydrogen-bond donors (Lipinski definition) is 3. The number of aryl methyl sites for hydroxylation is 1. The molecule has 0 heterocycles. The topological polar surface area (TPSA) is 60.7 Å². The van der Waals surface area contributed by atoms with Gasteiger partial charge in [-0.2, -0.15) is 0 Å². The Kier molecular flexibility index (Phi) is 5.93. The Labute approximate surface area is 78.3 Å². The van der Waals surface area contributed by atoms with E-state index < -0.39 is 6.10 Å². The first-order chi connectivity index (χ1) is 6.07. The predicted octanol–water partition coefficient (Wildman–Crippen LogP) is 1.06. The first kappa shape index (κ1) is 11.9. The molecule has 0 bridgehead atoms. The quantitative estimate of drug-likeness (QED) is 0.611. The van der Waals surface area contributed by atoms with Gasteiger partial charge in [-0.05, 0) is 25.5 Å². The van der Waals surface area contributed by atoms with E-state index in [9.17, 15) is 0 Å². The maximum Gasteiger partial charge on any atom is 0.118 e. The summed E-state index contributed by atoms with van der Waals surface area (Å²) in [5.41, 5.74) is 0.924. The van der Waals surface area contributed by atoms with Crippen LogP contribution in [-0.2, 0) is 0 Å². The van der Waals surface area contributed by atoms with Crippen LogP contribution in [0.4, 0.5) is 0 Å². The molecule has 0 aliphatic carbocycles. The highest BCUT2D eigenvalue weighted by atomic mass is 16.3. The molecule has 1 rings (SSSR count). The average molecular weight is 184 g/mol. The van der Waals surface area contributed by atoms with Gasteiger partial charge >= 0.3 is 0 Å². The Balaban J connectivity index is 0.000000252. The molecule has 0 aliphatic heterocycles.